The van der Waals surface area contributed by atoms with Gasteiger partial charge in [0.1, 0.15) is 12.1 Å². The number of fused-ring (bicyclic) bond motifs is 1. The summed E-state index contributed by atoms with van der Waals surface area (Å²) in [6.07, 6.45) is 13.9. The van der Waals surface area contributed by atoms with Crippen molar-refractivity contribution in [2.24, 2.45) is 0 Å². The van der Waals surface area contributed by atoms with Crippen LogP contribution < -0.4 is 5.32 Å². The lowest BCUT2D eigenvalue weighted by molar-refractivity contribution is 0.623. The van der Waals surface area contributed by atoms with Gasteiger partial charge in [-0.25, -0.2) is 9.97 Å². The minimum atomic E-state index is 0.230. The molecule has 0 spiro atoms. The second-order valence-electron chi connectivity index (χ2n) is 6.11. The van der Waals surface area contributed by atoms with E-state index in [0.29, 0.717) is 6.04 Å². The van der Waals surface area contributed by atoms with Gasteiger partial charge >= 0.3 is 0 Å². The quantitative estimate of drug-likeness (QED) is 0.507. The number of nitrogens with zero attached hydrogens (tertiary/aromatic N) is 2. The highest BCUT2D eigenvalue weighted by Crippen LogP contribution is 2.28. The standard InChI is InChI=1S/C16H24ClN3/c17-13-8-4-2-6-10-15(13)20-16-12-7-3-1-5-9-14(12)18-11-19-16/h11,13,15H,1-10H2,(H,18,19,20). The fraction of sp³-hybridized carbons (Fsp3) is 0.750. The molecule has 1 saturated carbocycles. The second kappa shape index (κ2) is 6.75. The van der Waals surface area contributed by atoms with Crippen LogP contribution in [-0.2, 0) is 12.8 Å². The zero-order valence-electron chi connectivity index (χ0n) is 12.1. The molecule has 1 aromatic rings. The van der Waals surface area contributed by atoms with E-state index in [1.807, 2.05) is 0 Å². The average Bonchev–Trinajstić information content (AvgIpc) is 2.81. The van der Waals surface area contributed by atoms with Gasteiger partial charge in [0.2, 0.25) is 0 Å². The van der Waals surface area contributed by atoms with Crippen molar-refractivity contribution in [3.05, 3.63) is 17.6 Å². The van der Waals surface area contributed by atoms with Gasteiger partial charge in [-0.15, -0.1) is 11.6 Å². The van der Waals surface area contributed by atoms with Crippen LogP contribution in [-0.4, -0.2) is 21.4 Å². The number of halogens is 1. The first-order valence-electron chi connectivity index (χ1n) is 8.08. The van der Waals surface area contributed by atoms with E-state index < -0.39 is 0 Å². The maximum Gasteiger partial charge on any atom is 0.133 e. The summed E-state index contributed by atoms with van der Waals surface area (Å²) in [4.78, 5) is 9.00. The number of rotatable bonds is 2. The highest BCUT2D eigenvalue weighted by molar-refractivity contribution is 6.21. The highest BCUT2D eigenvalue weighted by Gasteiger charge is 2.23. The fourth-order valence-electron chi connectivity index (χ4n) is 3.42. The molecule has 1 fully saturated rings. The molecule has 0 radical (unpaired) electrons. The molecule has 0 bridgehead atoms. The molecule has 3 rings (SSSR count). The third kappa shape index (κ3) is 3.25. The minimum Gasteiger partial charge on any atom is -0.366 e. The number of nitrogens with one attached hydrogen (secondary N) is 1. The molecule has 1 N–H and O–H groups in total. The van der Waals surface area contributed by atoms with E-state index in [1.54, 1.807) is 6.33 Å². The van der Waals surface area contributed by atoms with Crippen molar-refractivity contribution in [2.45, 2.75) is 75.6 Å². The van der Waals surface area contributed by atoms with Crippen molar-refractivity contribution in [1.29, 1.82) is 0 Å². The van der Waals surface area contributed by atoms with Gasteiger partial charge in [0.25, 0.3) is 0 Å². The SMILES string of the molecule is ClC1CCCCCC1Nc1ncnc2c1CCCCC2. The zero-order chi connectivity index (χ0) is 13.8. The number of anilines is 1. The van der Waals surface area contributed by atoms with Gasteiger partial charge in [-0.2, -0.15) is 0 Å². The fourth-order valence-corrected chi connectivity index (χ4v) is 3.77. The summed E-state index contributed by atoms with van der Waals surface area (Å²) in [5.74, 6) is 1.05. The van der Waals surface area contributed by atoms with Crippen LogP contribution in [0.25, 0.3) is 0 Å². The minimum absolute atomic E-state index is 0.230. The largest absolute Gasteiger partial charge is 0.366 e. The van der Waals surface area contributed by atoms with Crippen molar-refractivity contribution >= 4 is 17.4 Å². The van der Waals surface area contributed by atoms with Crippen molar-refractivity contribution in [1.82, 2.24) is 9.97 Å². The first kappa shape index (κ1) is 14.1. The third-order valence-electron chi connectivity index (χ3n) is 4.63. The van der Waals surface area contributed by atoms with Crippen LogP contribution in [0.4, 0.5) is 5.82 Å². The predicted molar refractivity (Wildman–Crippen MR) is 83.4 cm³/mol. The molecular weight excluding hydrogens is 270 g/mol. The molecule has 20 heavy (non-hydrogen) atoms. The molecular formula is C16H24ClN3. The first-order chi connectivity index (χ1) is 9.84. The van der Waals surface area contributed by atoms with Gasteiger partial charge in [0.05, 0.1) is 5.38 Å². The van der Waals surface area contributed by atoms with Gasteiger partial charge in [-0.1, -0.05) is 25.7 Å². The lowest BCUT2D eigenvalue weighted by atomic mass is 10.1. The Hall–Kier alpha value is -0.830. The summed E-state index contributed by atoms with van der Waals surface area (Å²) in [5.41, 5.74) is 2.60. The van der Waals surface area contributed by atoms with Crippen LogP contribution in [0, 0.1) is 0 Å². The zero-order valence-corrected chi connectivity index (χ0v) is 12.8. The lowest BCUT2D eigenvalue weighted by Crippen LogP contribution is -2.30. The number of hydrogen-bond acceptors (Lipinski definition) is 3. The van der Waals surface area contributed by atoms with E-state index in [9.17, 15) is 0 Å². The molecule has 0 saturated heterocycles. The van der Waals surface area contributed by atoms with Crippen LogP contribution >= 0.6 is 11.6 Å². The van der Waals surface area contributed by atoms with Gasteiger partial charge in [0.15, 0.2) is 0 Å². The molecule has 3 nitrogen and oxygen atoms in total. The molecule has 2 atom stereocenters. The topological polar surface area (TPSA) is 37.8 Å². The van der Waals surface area contributed by atoms with E-state index in [-0.39, 0.29) is 5.38 Å². The Balaban J connectivity index is 1.79. The summed E-state index contributed by atoms with van der Waals surface area (Å²) in [7, 11) is 0. The van der Waals surface area contributed by atoms with E-state index in [2.05, 4.69) is 15.3 Å². The van der Waals surface area contributed by atoms with Crippen molar-refractivity contribution in [3.8, 4) is 0 Å². The van der Waals surface area contributed by atoms with Crippen LogP contribution in [0.15, 0.2) is 6.33 Å². The Labute approximate surface area is 126 Å². The molecule has 2 aliphatic carbocycles. The molecule has 0 aromatic carbocycles. The molecule has 0 aliphatic heterocycles. The number of hydrogen-bond donors (Lipinski definition) is 1. The predicted octanol–water partition coefficient (Wildman–Crippen LogP) is 4.10. The van der Waals surface area contributed by atoms with Crippen molar-refractivity contribution in [2.75, 3.05) is 5.32 Å². The second-order valence-corrected chi connectivity index (χ2v) is 6.67. The monoisotopic (exact) mass is 293 g/mol. The van der Waals surface area contributed by atoms with Crippen LogP contribution in [0.1, 0.15) is 62.6 Å². The molecule has 4 heteroatoms. The highest BCUT2D eigenvalue weighted by atomic mass is 35.5. The molecule has 1 aromatic heterocycles. The van der Waals surface area contributed by atoms with E-state index in [4.69, 9.17) is 11.6 Å². The Kier molecular flexibility index (Phi) is 4.77. The maximum absolute atomic E-state index is 6.55. The van der Waals surface area contributed by atoms with Crippen LogP contribution in [0.3, 0.4) is 0 Å². The number of aryl methyl sites for hydroxylation is 1. The van der Waals surface area contributed by atoms with Gasteiger partial charge in [-0.3, -0.25) is 0 Å². The Bertz CT molecular complexity index is 449. The van der Waals surface area contributed by atoms with Crippen molar-refractivity contribution < 1.29 is 0 Å². The number of aromatic nitrogens is 2. The molecule has 110 valence electrons. The summed E-state index contributed by atoms with van der Waals surface area (Å²) in [6.45, 7) is 0. The summed E-state index contributed by atoms with van der Waals surface area (Å²) < 4.78 is 0. The number of alkyl halides is 1. The Morgan fingerprint density at radius 1 is 0.950 bits per heavy atom. The maximum atomic E-state index is 6.55. The van der Waals surface area contributed by atoms with Gasteiger partial charge in [-0.05, 0) is 38.5 Å². The molecule has 1 heterocycles. The van der Waals surface area contributed by atoms with Crippen LogP contribution in [0.5, 0.6) is 0 Å². The summed E-state index contributed by atoms with van der Waals surface area (Å²) in [6, 6.07) is 0.362. The third-order valence-corrected chi connectivity index (χ3v) is 5.15. The van der Waals surface area contributed by atoms with Crippen molar-refractivity contribution in [3.63, 3.8) is 0 Å². The summed E-state index contributed by atoms with van der Waals surface area (Å²) in [5, 5.41) is 3.87. The van der Waals surface area contributed by atoms with E-state index >= 15 is 0 Å². The summed E-state index contributed by atoms with van der Waals surface area (Å²) >= 11 is 6.55. The van der Waals surface area contributed by atoms with Gasteiger partial charge < -0.3 is 5.32 Å². The van der Waals surface area contributed by atoms with E-state index in [1.165, 1.54) is 49.8 Å². The average molecular weight is 294 g/mol. The first-order valence-corrected chi connectivity index (χ1v) is 8.51. The lowest BCUT2D eigenvalue weighted by Gasteiger charge is -2.23. The molecule has 2 unspecified atom stereocenters. The van der Waals surface area contributed by atoms with Crippen LogP contribution in [0.2, 0.25) is 0 Å². The van der Waals surface area contributed by atoms with Gasteiger partial charge in [0, 0.05) is 17.3 Å². The normalized spacial score (nSPS) is 27.2. The molecule has 0 amide bonds. The Morgan fingerprint density at radius 2 is 1.75 bits per heavy atom. The smallest absolute Gasteiger partial charge is 0.133 e. The Morgan fingerprint density at radius 3 is 2.70 bits per heavy atom. The van der Waals surface area contributed by atoms with E-state index in [0.717, 1.165) is 31.5 Å². The molecule has 2 aliphatic rings.